The van der Waals surface area contributed by atoms with Gasteiger partial charge in [0.1, 0.15) is 17.1 Å². The van der Waals surface area contributed by atoms with E-state index in [0.29, 0.717) is 23.1 Å². The zero-order valence-corrected chi connectivity index (χ0v) is 13.4. The number of hydrogen-bond acceptors (Lipinski definition) is 6. The van der Waals surface area contributed by atoms with Gasteiger partial charge in [-0.2, -0.15) is 0 Å². The zero-order valence-electron chi connectivity index (χ0n) is 13.4. The van der Waals surface area contributed by atoms with Crippen molar-refractivity contribution in [3.05, 3.63) is 42.0 Å². The molecule has 1 aromatic heterocycles. The molecule has 0 atom stereocenters. The minimum absolute atomic E-state index is 0.140. The van der Waals surface area contributed by atoms with E-state index >= 15 is 0 Å². The van der Waals surface area contributed by atoms with Gasteiger partial charge in [0.05, 0.1) is 17.7 Å². The Kier molecular flexibility index (Phi) is 3.46. The maximum absolute atomic E-state index is 11.7. The van der Waals surface area contributed by atoms with Crippen molar-refractivity contribution in [3.8, 4) is 28.6 Å². The molecule has 2 aromatic carbocycles. The normalized spacial score (nSPS) is 13.2. The summed E-state index contributed by atoms with van der Waals surface area (Å²) in [6.07, 6.45) is 0.914. The summed E-state index contributed by atoms with van der Waals surface area (Å²) in [5, 5.41) is 10.8. The maximum Gasteiger partial charge on any atom is 0.385 e. The van der Waals surface area contributed by atoms with Crippen LogP contribution in [0.15, 0.2) is 40.8 Å². The van der Waals surface area contributed by atoms with E-state index in [-0.39, 0.29) is 17.3 Å². The summed E-state index contributed by atoms with van der Waals surface area (Å²) in [6.45, 7) is 2.66. The molecule has 0 saturated carbocycles. The van der Waals surface area contributed by atoms with Crippen LogP contribution < -0.4 is 9.47 Å². The van der Waals surface area contributed by atoms with Crippen LogP contribution in [-0.2, 0) is 4.79 Å². The molecule has 0 unspecified atom stereocenters. The molecule has 1 aliphatic heterocycles. The number of aromatic hydroxyl groups is 1. The minimum atomic E-state index is -0.911. The second-order valence-electron chi connectivity index (χ2n) is 5.72. The first kappa shape index (κ1) is 15.3. The van der Waals surface area contributed by atoms with Crippen molar-refractivity contribution in [2.45, 2.75) is 13.3 Å². The van der Waals surface area contributed by atoms with Crippen molar-refractivity contribution in [1.82, 2.24) is 0 Å². The molecule has 0 spiro atoms. The standard InChI is InChI=1S/C19H14O6/c1-2-7-23-11-5-3-10(4-6-11)16-12-8-15-13(17(20)19(22)25-15)9-14(12)24-18(16)21/h3-6,8-9,21H,2,7H2,1H3. The van der Waals surface area contributed by atoms with Crippen LogP contribution in [0.25, 0.3) is 22.1 Å². The molecule has 1 aliphatic rings. The first-order valence-electron chi connectivity index (χ1n) is 7.87. The van der Waals surface area contributed by atoms with Gasteiger partial charge in [-0.15, -0.1) is 0 Å². The molecule has 126 valence electrons. The second kappa shape index (κ2) is 5.66. The van der Waals surface area contributed by atoms with Crippen molar-refractivity contribution in [1.29, 1.82) is 0 Å². The molecule has 25 heavy (non-hydrogen) atoms. The molecule has 6 nitrogen and oxygen atoms in total. The van der Waals surface area contributed by atoms with Gasteiger partial charge in [-0.1, -0.05) is 19.1 Å². The monoisotopic (exact) mass is 338 g/mol. The summed E-state index contributed by atoms with van der Waals surface area (Å²) >= 11 is 0. The van der Waals surface area contributed by atoms with Crippen LogP contribution in [0.2, 0.25) is 0 Å². The van der Waals surface area contributed by atoms with Gasteiger partial charge in [0.25, 0.3) is 11.7 Å². The molecule has 0 radical (unpaired) electrons. The summed E-state index contributed by atoms with van der Waals surface area (Å²) in [5.74, 6) is -0.983. The largest absolute Gasteiger partial charge is 0.494 e. The van der Waals surface area contributed by atoms with Crippen molar-refractivity contribution in [2.24, 2.45) is 0 Å². The van der Waals surface area contributed by atoms with Crippen LogP contribution in [0.3, 0.4) is 0 Å². The van der Waals surface area contributed by atoms with Crippen molar-refractivity contribution >= 4 is 22.7 Å². The lowest BCUT2D eigenvalue weighted by Crippen LogP contribution is -2.10. The van der Waals surface area contributed by atoms with E-state index in [4.69, 9.17) is 13.9 Å². The Labute approximate surface area is 142 Å². The van der Waals surface area contributed by atoms with Crippen molar-refractivity contribution in [3.63, 3.8) is 0 Å². The van der Waals surface area contributed by atoms with Gasteiger partial charge in [-0.25, -0.2) is 4.79 Å². The van der Waals surface area contributed by atoms with E-state index in [1.807, 2.05) is 6.92 Å². The summed E-state index contributed by atoms with van der Waals surface area (Å²) < 4.78 is 15.9. The van der Waals surface area contributed by atoms with E-state index < -0.39 is 11.8 Å². The number of furan rings is 1. The van der Waals surface area contributed by atoms with Gasteiger partial charge in [0.15, 0.2) is 0 Å². The fourth-order valence-electron chi connectivity index (χ4n) is 2.84. The van der Waals surface area contributed by atoms with Crippen molar-refractivity contribution in [2.75, 3.05) is 6.61 Å². The predicted molar refractivity (Wildman–Crippen MR) is 89.1 cm³/mol. The summed E-state index contributed by atoms with van der Waals surface area (Å²) in [7, 11) is 0. The Hall–Kier alpha value is -3.28. The number of fused-ring (bicyclic) bond motifs is 2. The first-order valence-corrected chi connectivity index (χ1v) is 7.87. The number of carbonyl (C=O) groups is 2. The van der Waals surface area contributed by atoms with Crippen molar-refractivity contribution < 1.29 is 28.6 Å². The average molecular weight is 338 g/mol. The van der Waals surface area contributed by atoms with Crippen LogP contribution in [0.4, 0.5) is 0 Å². The minimum Gasteiger partial charge on any atom is -0.494 e. The third kappa shape index (κ3) is 2.42. The first-order chi connectivity index (χ1) is 12.1. The van der Waals surface area contributed by atoms with Gasteiger partial charge in [-0.05, 0) is 36.2 Å². The Balaban J connectivity index is 1.80. The molecule has 2 heterocycles. The molecular weight excluding hydrogens is 324 g/mol. The number of rotatable bonds is 4. The zero-order chi connectivity index (χ0) is 17.6. The van der Waals surface area contributed by atoms with Gasteiger partial charge in [0, 0.05) is 5.39 Å². The molecular formula is C19H14O6. The highest BCUT2D eigenvalue weighted by Crippen LogP contribution is 2.43. The van der Waals surface area contributed by atoms with Crippen LogP contribution in [0.5, 0.6) is 17.4 Å². The number of Topliss-reactive ketones (excluding diaryl/α,β-unsaturated/α-hetero) is 1. The summed E-state index contributed by atoms with van der Waals surface area (Å²) in [6, 6.07) is 10.2. The third-order valence-electron chi connectivity index (χ3n) is 4.02. The molecule has 0 bridgehead atoms. The number of carbonyl (C=O) groups excluding carboxylic acids is 2. The lowest BCUT2D eigenvalue weighted by Gasteiger charge is -2.05. The van der Waals surface area contributed by atoms with Gasteiger partial charge in [-0.3, -0.25) is 4.79 Å². The Morgan fingerprint density at radius 2 is 1.88 bits per heavy atom. The van der Waals surface area contributed by atoms with E-state index in [2.05, 4.69) is 0 Å². The van der Waals surface area contributed by atoms with Crippen LogP contribution >= 0.6 is 0 Å². The second-order valence-corrected chi connectivity index (χ2v) is 5.72. The Morgan fingerprint density at radius 1 is 1.12 bits per heavy atom. The molecule has 4 rings (SSSR count). The van der Waals surface area contributed by atoms with E-state index in [1.54, 1.807) is 24.3 Å². The Bertz CT molecular complexity index is 997. The average Bonchev–Trinajstić information content (AvgIpc) is 3.07. The molecule has 3 aromatic rings. The number of hydrogen-bond donors (Lipinski definition) is 1. The maximum atomic E-state index is 11.7. The third-order valence-corrected chi connectivity index (χ3v) is 4.02. The lowest BCUT2D eigenvalue weighted by atomic mass is 10.0. The summed E-state index contributed by atoms with van der Waals surface area (Å²) in [5.41, 5.74) is 1.64. The van der Waals surface area contributed by atoms with Gasteiger partial charge >= 0.3 is 5.97 Å². The fourth-order valence-corrected chi connectivity index (χ4v) is 2.84. The van der Waals surface area contributed by atoms with Gasteiger partial charge < -0.3 is 19.0 Å². The summed E-state index contributed by atoms with van der Waals surface area (Å²) in [4.78, 5) is 23.1. The molecule has 0 saturated heterocycles. The Morgan fingerprint density at radius 3 is 2.60 bits per heavy atom. The topological polar surface area (TPSA) is 86.0 Å². The van der Waals surface area contributed by atoms with Crippen LogP contribution in [-0.4, -0.2) is 23.5 Å². The van der Waals surface area contributed by atoms with E-state index in [0.717, 1.165) is 17.7 Å². The smallest absolute Gasteiger partial charge is 0.385 e. The SMILES string of the molecule is CCCOc1ccc(-c2c(O)oc3cc4c(cc23)OC(=O)C4=O)cc1. The number of ketones is 1. The highest BCUT2D eigenvalue weighted by Gasteiger charge is 2.32. The highest BCUT2D eigenvalue weighted by atomic mass is 16.5. The molecule has 1 N–H and O–H groups in total. The lowest BCUT2D eigenvalue weighted by molar-refractivity contribution is -0.128. The van der Waals surface area contributed by atoms with Crippen LogP contribution in [0, 0.1) is 0 Å². The highest BCUT2D eigenvalue weighted by molar-refractivity contribution is 6.44. The van der Waals surface area contributed by atoms with E-state index in [1.165, 1.54) is 12.1 Å². The molecule has 0 fully saturated rings. The number of ether oxygens (including phenoxy) is 2. The van der Waals surface area contributed by atoms with E-state index in [9.17, 15) is 14.7 Å². The molecule has 6 heteroatoms. The number of esters is 1. The molecule has 0 amide bonds. The fraction of sp³-hybridized carbons (Fsp3) is 0.158. The van der Waals surface area contributed by atoms with Gasteiger partial charge in [0.2, 0.25) is 0 Å². The predicted octanol–water partition coefficient (Wildman–Crippen LogP) is 3.70. The quantitative estimate of drug-likeness (QED) is 0.443. The number of benzene rings is 2. The van der Waals surface area contributed by atoms with Crippen LogP contribution in [0.1, 0.15) is 23.7 Å². The molecule has 0 aliphatic carbocycles.